The van der Waals surface area contributed by atoms with Crippen molar-refractivity contribution in [3.05, 3.63) is 47.0 Å². The first-order valence-electron chi connectivity index (χ1n) is 6.18. The van der Waals surface area contributed by atoms with Crippen LogP contribution in [0.15, 0.2) is 24.4 Å². The third-order valence-corrected chi connectivity index (χ3v) is 3.14. The van der Waals surface area contributed by atoms with E-state index in [-0.39, 0.29) is 11.8 Å². The number of aromatic nitrogens is 2. The molecule has 1 unspecified atom stereocenters. The predicted octanol–water partition coefficient (Wildman–Crippen LogP) is 2.18. The van der Waals surface area contributed by atoms with Gasteiger partial charge in [-0.15, -0.1) is 0 Å². The van der Waals surface area contributed by atoms with E-state index in [1.54, 1.807) is 16.8 Å². The number of nitrogens with two attached hydrogens (primary N) is 1. The van der Waals surface area contributed by atoms with E-state index in [0.29, 0.717) is 5.56 Å². The molecule has 0 spiro atoms. The highest BCUT2D eigenvalue weighted by molar-refractivity contribution is 5.37. The van der Waals surface area contributed by atoms with Crippen molar-refractivity contribution in [2.75, 3.05) is 7.11 Å². The third kappa shape index (κ3) is 2.61. The summed E-state index contributed by atoms with van der Waals surface area (Å²) >= 11 is 0. The summed E-state index contributed by atoms with van der Waals surface area (Å²) in [6, 6.07) is 4.39. The molecule has 2 aromatic rings. The van der Waals surface area contributed by atoms with Crippen molar-refractivity contribution >= 4 is 0 Å². The van der Waals surface area contributed by atoms with Gasteiger partial charge in [-0.2, -0.15) is 5.10 Å². The van der Waals surface area contributed by atoms with Crippen LogP contribution < -0.4 is 10.5 Å². The molecule has 2 rings (SSSR count). The van der Waals surface area contributed by atoms with Crippen molar-refractivity contribution in [3.8, 4) is 5.75 Å². The molecule has 1 aromatic carbocycles. The smallest absolute Gasteiger partial charge is 0.165 e. The minimum Gasteiger partial charge on any atom is -0.494 e. The van der Waals surface area contributed by atoms with Gasteiger partial charge < -0.3 is 10.5 Å². The van der Waals surface area contributed by atoms with Crippen LogP contribution in [0.2, 0.25) is 0 Å². The first kappa shape index (κ1) is 13.5. The normalized spacial score (nSPS) is 12.5. The Morgan fingerprint density at radius 2 is 2.21 bits per heavy atom. The standard InChI is InChI=1S/C14H18FN3O/c1-4-12-10(8-18(2)17-12)14(16)9-5-6-13(19-3)11(15)7-9/h5-8,14H,4,16H2,1-3H3. The molecule has 0 saturated carbocycles. The second-order valence-electron chi connectivity index (χ2n) is 4.43. The largest absolute Gasteiger partial charge is 0.494 e. The van der Waals surface area contributed by atoms with Gasteiger partial charge in [-0.3, -0.25) is 4.68 Å². The van der Waals surface area contributed by atoms with Crippen molar-refractivity contribution in [2.24, 2.45) is 12.8 Å². The van der Waals surface area contributed by atoms with Gasteiger partial charge in [0.1, 0.15) is 0 Å². The summed E-state index contributed by atoms with van der Waals surface area (Å²) in [6.45, 7) is 2.02. The van der Waals surface area contributed by atoms with Crippen LogP contribution >= 0.6 is 0 Å². The van der Waals surface area contributed by atoms with E-state index in [1.165, 1.54) is 13.2 Å². The van der Waals surface area contributed by atoms with Crippen molar-refractivity contribution in [3.63, 3.8) is 0 Å². The van der Waals surface area contributed by atoms with Crippen LogP contribution in [0.3, 0.4) is 0 Å². The summed E-state index contributed by atoms with van der Waals surface area (Å²) in [5.41, 5.74) is 8.78. The molecule has 0 aliphatic rings. The van der Waals surface area contributed by atoms with E-state index >= 15 is 0 Å². The second kappa shape index (κ2) is 5.40. The number of nitrogens with zero attached hydrogens (tertiary/aromatic N) is 2. The average Bonchev–Trinajstić information content (AvgIpc) is 2.79. The van der Waals surface area contributed by atoms with Crippen LogP contribution in [-0.2, 0) is 13.5 Å². The molecule has 1 atom stereocenters. The third-order valence-electron chi connectivity index (χ3n) is 3.14. The molecule has 0 radical (unpaired) electrons. The Bertz CT molecular complexity index is 580. The van der Waals surface area contributed by atoms with E-state index in [2.05, 4.69) is 5.10 Å². The maximum atomic E-state index is 13.7. The molecule has 5 heteroatoms. The van der Waals surface area contributed by atoms with Gasteiger partial charge >= 0.3 is 0 Å². The summed E-state index contributed by atoms with van der Waals surface area (Å²) in [4.78, 5) is 0. The molecule has 19 heavy (non-hydrogen) atoms. The zero-order valence-corrected chi connectivity index (χ0v) is 11.4. The topological polar surface area (TPSA) is 53.1 Å². The van der Waals surface area contributed by atoms with Gasteiger partial charge in [0.2, 0.25) is 0 Å². The lowest BCUT2D eigenvalue weighted by molar-refractivity contribution is 0.386. The fourth-order valence-corrected chi connectivity index (χ4v) is 2.14. The summed E-state index contributed by atoms with van der Waals surface area (Å²) in [5.74, 6) is -0.185. The molecule has 0 saturated heterocycles. The van der Waals surface area contributed by atoms with E-state index in [0.717, 1.165) is 17.7 Å². The SMILES string of the molecule is CCc1nn(C)cc1C(N)c1ccc(OC)c(F)c1. The van der Waals surface area contributed by atoms with Crippen molar-refractivity contribution in [1.29, 1.82) is 0 Å². The summed E-state index contributed by atoms with van der Waals surface area (Å²) < 4.78 is 20.3. The maximum absolute atomic E-state index is 13.7. The minimum atomic E-state index is -0.405. The van der Waals surface area contributed by atoms with Gasteiger partial charge in [0.25, 0.3) is 0 Å². The zero-order chi connectivity index (χ0) is 14.0. The van der Waals surface area contributed by atoms with E-state index in [4.69, 9.17) is 10.5 Å². The quantitative estimate of drug-likeness (QED) is 0.919. The minimum absolute atomic E-state index is 0.220. The fourth-order valence-electron chi connectivity index (χ4n) is 2.14. The van der Waals surface area contributed by atoms with Crippen LogP contribution in [0.25, 0.3) is 0 Å². The van der Waals surface area contributed by atoms with E-state index in [1.807, 2.05) is 20.2 Å². The van der Waals surface area contributed by atoms with Gasteiger partial charge in [0, 0.05) is 18.8 Å². The molecule has 2 N–H and O–H groups in total. The molecule has 0 aliphatic heterocycles. The van der Waals surface area contributed by atoms with Crippen molar-refractivity contribution in [1.82, 2.24) is 9.78 Å². The van der Waals surface area contributed by atoms with Crippen LogP contribution in [-0.4, -0.2) is 16.9 Å². The number of hydrogen-bond donors (Lipinski definition) is 1. The number of hydrogen-bond acceptors (Lipinski definition) is 3. The van der Waals surface area contributed by atoms with Crippen molar-refractivity contribution < 1.29 is 9.13 Å². The molecule has 1 heterocycles. The number of rotatable bonds is 4. The Labute approximate surface area is 112 Å². The number of halogens is 1. The number of ether oxygens (including phenoxy) is 1. The molecule has 0 amide bonds. The highest BCUT2D eigenvalue weighted by Gasteiger charge is 2.17. The van der Waals surface area contributed by atoms with Crippen LogP contribution in [0.5, 0.6) is 5.75 Å². The number of benzene rings is 1. The highest BCUT2D eigenvalue weighted by Crippen LogP contribution is 2.26. The van der Waals surface area contributed by atoms with Gasteiger partial charge in [0.05, 0.1) is 18.8 Å². The lowest BCUT2D eigenvalue weighted by atomic mass is 9.99. The first-order valence-corrected chi connectivity index (χ1v) is 6.18. The maximum Gasteiger partial charge on any atom is 0.165 e. The van der Waals surface area contributed by atoms with Crippen LogP contribution in [0.1, 0.15) is 29.8 Å². The number of methoxy groups -OCH3 is 1. The van der Waals surface area contributed by atoms with Gasteiger partial charge in [0.15, 0.2) is 11.6 Å². The van der Waals surface area contributed by atoms with Crippen LogP contribution in [0, 0.1) is 5.82 Å². The molecular formula is C14H18FN3O. The highest BCUT2D eigenvalue weighted by atomic mass is 19.1. The Morgan fingerprint density at radius 3 is 2.79 bits per heavy atom. The Hall–Kier alpha value is -1.88. The second-order valence-corrected chi connectivity index (χ2v) is 4.43. The Morgan fingerprint density at radius 1 is 1.47 bits per heavy atom. The van der Waals surface area contributed by atoms with Crippen LogP contribution in [0.4, 0.5) is 4.39 Å². The monoisotopic (exact) mass is 263 g/mol. The molecule has 0 bridgehead atoms. The zero-order valence-electron chi connectivity index (χ0n) is 11.4. The molecular weight excluding hydrogens is 245 g/mol. The van der Waals surface area contributed by atoms with E-state index < -0.39 is 5.82 Å². The molecule has 4 nitrogen and oxygen atoms in total. The average molecular weight is 263 g/mol. The summed E-state index contributed by atoms with van der Waals surface area (Å²) in [7, 11) is 3.29. The first-order chi connectivity index (χ1) is 9.06. The predicted molar refractivity (Wildman–Crippen MR) is 71.6 cm³/mol. The lowest BCUT2D eigenvalue weighted by Crippen LogP contribution is -2.13. The molecule has 102 valence electrons. The van der Waals surface area contributed by atoms with E-state index in [9.17, 15) is 4.39 Å². The summed E-state index contributed by atoms with van der Waals surface area (Å²) in [6.07, 6.45) is 2.67. The fraction of sp³-hybridized carbons (Fsp3) is 0.357. The molecule has 1 aromatic heterocycles. The molecule has 0 aliphatic carbocycles. The van der Waals surface area contributed by atoms with Gasteiger partial charge in [-0.25, -0.2) is 4.39 Å². The Balaban J connectivity index is 2.38. The summed E-state index contributed by atoms with van der Waals surface area (Å²) in [5, 5.41) is 4.35. The Kier molecular flexibility index (Phi) is 3.85. The lowest BCUT2D eigenvalue weighted by Gasteiger charge is -2.13. The molecule has 0 fully saturated rings. The number of aryl methyl sites for hydroxylation is 2. The van der Waals surface area contributed by atoms with Gasteiger partial charge in [-0.1, -0.05) is 13.0 Å². The van der Waals surface area contributed by atoms with Crippen molar-refractivity contribution in [2.45, 2.75) is 19.4 Å². The van der Waals surface area contributed by atoms with Gasteiger partial charge in [-0.05, 0) is 24.1 Å².